The van der Waals surface area contributed by atoms with Crippen LogP contribution in [-0.2, 0) is 16.2 Å². The van der Waals surface area contributed by atoms with Crippen LogP contribution in [0.4, 0.5) is 17.1 Å². The maximum Gasteiger partial charge on any atom is 0.0915 e. The highest BCUT2D eigenvalue weighted by Gasteiger charge is 2.54. The topological polar surface area (TPSA) is 46.8 Å². The Morgan fingerprint density at radius 2 is 0.881 bits per heavy atom. The first kappa shape index (κ1) is 40.6. The highest BCUT2D eigenvalue weighted by molar-refractivity contribution is 6.06. The number of benzene rings is 6. The molecular weight excluding hydrogens is 815 g/mol. The van der Waals surface area contributed by atoms with Crippen LogP contribution in [-0.4, -0.2) is 19.5 Å². The molecule has 0 fully saturated rings. The van der Waals surface area contributed by atoms with Gasteiger partial charge in [-0.05, 0) is 129 Å². The predicted molar refractivity (Wildman–Crippen MR) is 276 cm³/mol. The van der Waals surface area contributed by atoms with E-state index in [1.165, 1.54) is 61.2 Å². The summed E-state index contributed by atoms with van der Waals surface area (Å²) < 4.78 is 2.49. The maximum atomic E-state index is 5.23. The molecule has 0 radical (unpaired) electrons. The third-order valence-corrected chi connectivity index (χ3v) is 14.0. The molecule has 0 saturated carbocycles. The van der Waals surface area contributed by atoms with Crippen molar-refractivity contribution >= 4 is 28.0 Å². The molecule has 0 atom stereocenters. The predicted octanol–water partition coefficient (Wildman–Crippen LogP) is 15.6. The van der Waals surface area contributed by atoms with Crippen LogP contribution in [0.5, 0.6) is 0 Å². The second kappa shape index (κ2) is 15.1. The zero-order valence-corrected chi connectivity index (χ0v) is 38.8. The molecule has 2 aliphatic rings. The first-order chi connectivity index (χ1) is 32.5. The Morgan fingerprint density at radius 1 is 0.433 bits per heavy atom. The van der Waals surface area contributed by atoms with Crippen LogP contribution < -0.4 is 4.90 Å². The Bertz CT molecular complexity index is 3360. The smallest absolute Gasteiger partial charge is 0.0915 e. The van der Waals surface area contributed by atoms with Crippen molar-refractivity contribution in [1.82, 2.24) is 19.5 Å². The first-order valence-corrected chi connectivity index (χ1v) is 23.3. The van der Waals surface area contributed by atoms with Gasteiger partial charge in [0.05, 0.1) is 45.1 Å². The molecule has 10 aromatic rings. The molecule has 0 amide bonds. The largest absolute Gasteiger partial charge is 0.310 e. The summed E-state index contributed by atoms with van der Waals surface area (Å²) in [7, 11) is 0. The zero-order valence-electron chi connectivity index (χ0n) is 38.8. The number of fused-ring (bicyclic) bond motifs is 12. The maximum absolute atomic E-state index is 5.23. The van der Waals surface area contributed by atoms with Crippen LogP contribution >= 0.6 is 0 Å². The fourth-order valence-electron chi connectivity index (χ4n) is 10.9. The fraction of sp³-hybridized carbons (Fsp3) is 0.145. The number of rotatable bonds is 6. The van der Waals surface area contributed by atoms with Crippen LogP contribution in [0.25, 0.3) is 61.8 Å². The van der Waals surface area contributed by atoms with Crippen LogP contribution in [0.3, 0.4) is 0 Å². The van der Waals surface area contributed by atoms with Gasteiger partial charge in [-0.1, -0.05) is 151 Å². The summed E-state index contributed by atoms with van der Waals surface area (Å²) in [5, 5.41) is 1.19. The average Bonchev–Trinajstić information content (AvgIpc) is 3.96. The molecule has 5 heteroatoms. The van der Waals surface area contributed by atoms with E-state index in [1.54, 1.807) is 0 Å². The van der Waals surface area contributed by atoms with Gasteiger partial charge in [0, 0.05) is 46.0 Å². The molecule has 4 heterocycles. The number of hydrogen-bond acceptors (Lipinski definition) is 4. The van der Waals surface area contributed by atoms with Gasteiger partial charge in [-0.15, -0.1) is 0 Å². The number of aromatic nitrogens is 4. The lowest BCUT2D eigenvalue weighted by Gasteiger charge is -2.31. The van der Waals surface area contributed by atoms with Crippen molar-refractivity contribution < 1.29 is 0 Å². The third kappa shape index (κ3) is 6.32. The van der Waals surface area contributed by atoms with E-state index in [9.17, 15) is 0 Å². The normalized spacial score (nSPS) is 13.3. The SMILES string of the molecule is CC(C)(C)c1ccc(N(c2ccc(C(C)(C)C)cc2)c2ccc3c(c2)c2c(n3-c3cc(-c4ccccn4)nc(-c4ccccn4)c3)-c3ccccc3C23c2ccccc2-c2ccccc23)cc1. The van der Waals surface area contributed by atoms with E-state index in [0.29, 0.717) is 0 Å². The van der Waals surface area contributed by atoms with Gasteiger partial charge in [-0.25, -0.2) is 4.98 Å². The second-order valence-electron chi connectivity index (χ2n) is 20.1. The molecule has 4 aromatic heterocycles. The van der Waals surface area contributed by atoms with Gasteiger partial charge < -0.3 is 9.47 Å². The van der Waals surface area contributed by atoms with E-state index < -0.39 is 5.41 Å². The van der Waals surface area contributed by atoms with E-state index in [4.69, 9.17) is 15.0 Å². The number of nitrogens with zero attached hydrogens (tertiary/aromatic N) is 5. The summed E-state index contributed by atoms with van der Waals surface area (Å²) in [6.45, 7) is 13.7. The minimum atomic E-state index is -0.588. The fourth-order valence-corrected chi connectivity index (χ4v) is 10.9. The first-order valence-electron chi connectivity index (χ1n) is 23.3. The zero-order chi connectivity index (χ0) is 45.7. The molecule has 67 heavy (non-hydrogen) atoms. The Kier molecular flexibility index (Phi) is 9.14. The Morgan fingerprint density at radius 3 is 1.36 bits per heavy atom. The van der Waals surface area contributed by atoms with E-state index in [2.05, 4.69) is 203 Å². The Labute approximate surface area is 393 Å². The molecule has 0 bridgehead atoms. The van der Waals surface area contributed by atoms with Gasteiger partial charge in [-0.2, -0.15) is 0 Å². The Balaban J connectivity index is 1.20. The van der Waals surface area contributed by atoms with E-state index in [0.717, 1.165) is 51.0 Å². The van der Waals surface area contributed by atoms with Crippen LogP contribution in [0.1, 0.15) is 74.9 Å². The van der Waals surface area contributed by atoms with Crippen molar-refractivity contribution in [1.29, 1.82) is 0 Å². The molecule has 12 rings (SSSR count). The van der Waals surface area contributed by atoms with E-state index in [1.807, 2.05) is 48.8 Å². The quantitative estimate of drug-likeness (QED) is 0.167. The standard InChI is InChI=1S/C62H51N5/c1-60(2,3)40-25-29-42(30-26-40)66(43-31-27-41(28-32-43)61(4,5)6)44-33-34-57-49(37-44)58-59(67(57)45-38-55(53-23-13-15-35-63-53)65-56(39-45)54-24-14-16-36-64-54)48-19-9-12-22-52(48)62(58)50-20-10-7-17-46(50)47-18-8-11-21-51(47)62/h7-39H,1-6H3. The molecule has 324 valence electrons. The van der Waals surface area contributed by atoms with Gasteiger partial charge in [0.15, 0.2) is 0 Å². The molecule has 0 N–H and O–H groups in total. The number of anilines is 3. The highest BCUT2D eigenvalue weighted by atomic mass is 15.1. The number of pyridine rings is 3. The molecule has 0 unspecified atom stereocenters. The Hall–Kier alpha value is -7.89. The van der Waals surface area contributed by atoms with Crippen LogP contribution in [0.15, 0.2) is 200 Å². The molecule has 0 aliphatic heterocycles. The third-order valence-electron chi connectivity index (χ3n) is 14.0. The minimum absolute atomic E-state index is 0.0249. The monoisotopic (exact) mass is 865 g/mol. The minimum Gasteiger partial charge on any atom is -0.310 e. The summed E-state index contributed by atoms with van der Waals surface area (Å²) in [5.74, 6) is 0. The van der Waals surface area contributed by atoms with Gasteiger partial charge in [0.25, 0.3) is 0 Å². The highest BCUT2D eigenvalue weighted by Crippen LogP contribution is 2.65. The average molecular weight is 866 g/mol. The van der Waals surface area contributed by atoms with Gasteiger partial charge in [0.1, 0.15) is 0 Å². The molecule has 0 saturated heterocycles. The van der Waals surface area contributed by atoms with Crippen molar-refractivity contribution in [3.8, 4) is 50.8 Å². The summed E-state index contributed by atoms with van der Waals surface area (Å²) >= 11 is 0. The number of hydrogen-bond donors (Lipinski definition) is 0. The molecule has 2 aliphatic carbocycles. The van der Waals surface area contributed by atoms with Crippen molar-refractivity contribution in [2.24, 2.45) is 0 Å². The summed E-state index contributed by atoms with van der Waals surface area (Å²) in [5.41, 5.74) is 20.8. The van der Waals surface area contributed by atoms with Crippen molar-refractivity contribution in [2.75, 3.05) is 4.90 Å². The van der Waals surface area contributed by atoms with Crippen molar-refractivity contribution in [3.05, 3.63) is 234 Å². The van der Waals surface area contributed by atoms with E-state index >= 15 is 0 Å². The van der Waals surface area contributed by atoms with Gasteiger partial charge in [-0.3, -0.25) is 9.97 Å². The summed E-state index contributed by atoms with van der Waals surface area (Å²) in [4.78, 5) is 17.3. The molecule has 6 aromatic carbocycles. The molecular formula is C62H51N5. The van der Waals surface area contributed by atoms with Crippen LogP contribution in [0.2, 0.25) is 0 Å². The summed E-state index contributed by atoms with van der Waals surface area (Å²) in [6.07, 6.45) is 3.67. The molecule has 1 spiro atoms. The second-order valence-corrected chi connectivity index (χ2v) is 20.1. The molecule has 5 nitrogen and oxygen atoms in total. The van der Waals surface area contributed by atoms with Crippen LogP contribution in [0, 0.1) is 0 Å². The lowest BCUT2D eigenvalue weighted by atomic mass is 9.70. The lowest BCUT2D eigenvalue weighted by molar-refractivity contribution is 0.590. The van der Waals surface area contributed by atoms with Crippen molar-refractivity contribution in [3.63, 3.8) is 0 Å². The van der Waals surface area contributed by atoms with Gasteiger partial charge >= 0.3 is 0 Å². The van der Waals surface area contributed by atoms with Gasteiger partial charge in [0.2, 0.25) is 0 Å². The summed E-state index contributed by atoms with van der Waals surface area (Å²) in [6, 6.07) is 69.0. The lowest BCUT2D eigenvalue weighted by Crippen LogP contribution is -2.25. The van der Waals surface area contributed by atoms with Crippen molar-refractivity contribution in [2.45, 2.75) is 57.8 Å². The van der Waals surface area contributed by atoms with E-state index in [-0.39, 0.29) is 10.8 Å².